The van der Waals surface area contributed by atoms with Gasteiger partial charge in [0, 0.05) is 18.1 Å². The molecule has 0 saturated heterocycles. The average Bonchev–Trinajstić information content (AvgIpc) is 2.60. The van der Waals surface area contributed by atoms with E-state index in [1.165, 1.54) is 0 Å². The summed E-state index contributed by atoms with van der Waals surface area (Å²) in [6.45, 7) is 4.13. The van der Waals surface area contributed by atoms with Crippen molar-refractivity contribution in [3.8, 4) is 0 Å². The molecule has 0 aliphatic carbocycles. The van der Waals surface area contributed by atoms with Crippen LogP contribution in [0.25, 0.3) is 0 Å². The number of benzene rings is 2. The molecule has 0 heterocycles. The Balaban J connectivity index is 2.25. The molecule has 0 unspecified atom stereocenters. The van der Waals surface area contributed by atoms with Gasteiger partial charge in [0.2, 0.25) is 11.8 Å². The van der Waals surface area contributed by atoms with Crippen molar-refractivity contribution in [2.75, 3.05) is 7.05 Å². The first-order valence-corrected chi connectivity index (χ1v) is 9.01. The molecule has 0 bridgehead atoms. The maximum atomic E-state index is 13.0. The van der Waals surface area contributed by atoms with Gasteiger partial charge in [-0.1, -0.05) is 52.3 Å². The summed E-state index contributed by atoms with van der Waals surface area (Å²) in [6.07, 6.45) is 0.280. The van der Waals surface area contributed by atoms with Gasteiger partial charge in [-0.05, 0) is 42.7 Å². The second-order valence-electron chi connectivity index (χ2n) is 6.05. The Morgan fingerprint density at radius 3 is 2.52 bits per heavy atom. The average molecular weight is 403 g/mol. The fourth-order valence-corrected chi connectivity index (χ4v) is 3.14. The predicted molar refractivity (Wildman–Crippen MR) is 103 cm³/mol. The monoisotopic (exact) mass is 402 g/mol. The van der Waals surface area contributed by atoms with Crippen LogP contribution in [0.15, 0.2) is 53.0 Å². The zero-order valence-electron chi connectivity index (χ0n) is 14.8. The van der Waals surface area contributed by atoms with Gasteiger partial charge in [-0.25, -0.2) is 0 Å². The van der Waals surface area contributed by atoms with E-state index in [0.29, 0.717) is 6.54 Å². The van der Waals surface area contributed by atoms with Gasteiger partial charge in [-0.2, -0.15) is 0 Å². The van der Waals surface area contributed by atoms with Crippen LogP contribution in [0.4, 0.5) is 0 Å². The number of aryl methyl sites for hydroxylation is 1. The van der Waals surface area contributed by atoms with Gasteiger partial charge < -0.3 is 10.2 Å². The lowest BCUT2D eigenvalue weighted by molar-refractivity contribution is -0.139. The van der Waals surface area contributed by atoms with Crippen LogP contribution in [0, 0.1) is 6.92 Å². The van der Waals surface area contributed by atoms with Gasteiger partial charge in [-0.3, -0.25) is 9.59 Å². The lowest BCUT2D eigenvalue weighted by Crippen LogP contribution is -2.47. The minimum absolute atomic E-state index is 0.0645. The zero-order valence-corrected chi connectivity index (χ0v) is 16.3. The molecular weight excluding hydrogens is 380 g/mol. The number of hydrogen-bond acceptors (Lipinski definition) is 2. The Bertz CT molecular complexity index is 761. The Morgan fingerprint density at radius 1 is 1.16 bits per heavy atom. The van der Waals surface area contributed by atoms with Crippen LogP contribution in [0.5, 0.6) is 0 Å². The molecule has 5 heteroatoms. The van der Waals surface area contributed by atoms with Gasteiger partial charge in [0.25, 0.3) is 0 Å². The van der Waals surface area contributed by atoms with Crippen LogP contribution in [0.2, 0.25) is 0 Å². The maximum Gasteiger partial charge on any atom is 0.242 e. The van der Waals surface area contributed by atoms with Crippen molar-refractivity contribution >= 4 is 27.7 Å². The zero-order chi connectivity index (χ0) is 18.4. The first kappa shape index (κ1) is 19.2. The molecule has 2 aromatic carbocycles. The van der Waals surface area contributed by atoms with Crippen molar-refractivity contribution in [2.45, 2.75) is 32.9 Å². The number of carbonyl (C=O) groups is 2. The van der Waals surface area contributed by atoms with Crippen molar-refractivity contribution < 1.29 is 9.59 Å². The van der Waals surface area contributed by atoms with Crippen LogP contribution < -0.4 is 5.32 Å². The first-order valence-electron chi connectivity index (χ1n) is 8.22. The Kier molecular flexibility index (Phi) is 6.76. The SMILES string of the molecule is CNC(=O)[C@H](C)N(Cc1cccc(Br)c1)C(=O)Cc1ccccc1C. The first-order chi connectivity index (χ1) is 11.9. The van der Waals surface area contributed by atoms with E-state index in [4.69, 9.17) is 0 Å². The second-order valence-corrected chi connectivity index (χ2v) is 6.96. The van der Waals surface area contributed by atoms with E-state index in [9.17, 15) is 9.59 Å². The predicted octanol–water partition coefficient (Wildman–Crippen LogP) is 3.46. The van der Waals surface area contributed by atoms with Crippen molar-refractivity contribution in [1.29, 1.82) is 0 Å². The summed E-state index contributed by atoms with van der Waals surface area (Å²) in [7, 11) is 1.59. The summed E-state index contributed by atoms with van der Waals surface area (Å²) in [5.41, 5.74) is 3.03. The molecule has 0 aromatic heterocycles. The molecule has 1 atom stereocenters. The second kappa shape index (κ2) is 8.81. The quantitative estimate of drug-likeness (QED) is 0.803. The highest BCUT2D eigenvalue weighted by Gasteiger charge is 2.25. The third-order valence-corrected chi connectivity index (χ3v) is 4.75. The van der Waals surface area contributed by atoms with Crippen LogP contribution in [-0.4, -0.2) is 29.8 Å². The smallest absolute Gasteiger partial charge is 0.242 e. The highest BCUT2D eigenvalue weighted by Crippen LogP contribution is 2.17. The van der Waals surface area contributed by atoms with Crippen LogP contribution in [0.3, 0.4) is 0 Å². The molecule has 2 aromatic rings. The minimum Gasteiger partial charge on any atom is -0.357 e. The third kappa shape index (κ3) is 5.16. The standard InChI is InChI=1S/C20H23BrN2O2/c1-14-7-4-5-9-17(14)12-19(24)23(15(2)20(25)22-3)13-16-8-6-10-18(21)11-16/h4-11,15H,12-13H2,1-3H3,(H,22,25)/t15-/m0/s1. The van der Waals surface area contributed by atoms with Gasteiger partial charge in [-0.15, -0.1) is 0 Å². The fourth-order valence-electron chi connectivity index (χ4n) is 2.70. The van der Waals surface area contributed by atoms with Gasteiger partial charge >= 0.3 is 0 Å². The molecule has 0 saturated carbocycles. The minimum atomic E-state index is -0.541. The number of nitrogens with one attached hydrogen (secondary N) is 1. The van der Waals surface area contributed by atoms with E-state index < -0.39 is 6.04 Å². The molecule has 2 amide bonds. The molecule has 0 aliphatic rings. The summed E-state index contributed by atoms with van der Waals surface area (Å²) in [6, 6.07) is 15.1. The summed E-state index contributed by atoms with van der Waals surface area (Å²) in [5, 5.41) is 2.63. The number of likely N-dealkylation sites (N-methyl/N-ethyl adjacent to an activating group) is 1. The lowest BCUT2D eigenvalue weighted by Gasteiger charge is -2.28. The van der Waals surface area contributed by atoms with Gasteiger partial charge in [0.15, 0.2) is 0 Å². The molecule has 0 spiro atoms. The van der Waals surface area contributed by atoms with Crippen molar-refractivity contribution in [3.63, 3.8) is 0 Å². The normalized spacial score (nSPS) is 11.7. The molecule has 0 aliphatic heterocycles. The van der Waals surface area contributed by atoms with E-state index in [0.717, 1.165) is 21.2 Å². The van der Waals surface area contributed by atoms with Crippen LogP contribution in [-0.2, 0) is 22.6 Å². The Labute approximate surface area is 157 Å². The Hall–Kier alpha value is -2.14. The van der Waals surface area contributed by atoms with Gasteiger partial charge in [0.05, 0.1) is 6.42 Å². The molecule has 2 rings (SSSR count). The molecule has 1 N–H and O–H groups in total. The van der Waals surface area contributed by atoms with Gasteiger partial charge in [0.1, 0.15) is 6.04 Å². The number of amides is 2. The Morgan fingerprint density at radius 2 is 1.88 bits per heavy atom. The molecule has 0 radical (unpaired) electrons. The fraction of sp³-hybridized carbons (Fsp3) is 0.300. The largest absolute Gasteiger partial charge is 0.357 e. The highest BCUT2D eigenvalue weighted by molar-refractivity contribution is 9.10. The highest BCUT2D eigenvalue weighted by atomic mass is 79.9. The van der Waals surface area contributed by atoms with Crippen molar-refractivity contribution in [1.82, 2.24) is 10.2 Å². The molecular formula is C20H23BrN2O2. The third-order valence-electron chi connectivity index (χ3n) is 4.26. The van der Waals surface area contributed by atoms with E-state index in [1.54, 1.807) is 18.9 Å². The number of carbonyl (C=O) groups excluding carboxylic acids is 2. The maximum absolute atomic E-state index is 13.0. The molecule has 132 valence electrons. The van der Waals surface area contributed by atoms with Crippen LogP contribution in [0.1, 0.15) is 23.6 Å². The van der Waals surface area contributed by atoms with Crippen molar-refractivity contribution in [3.05, 3.63) is 69.7 Å². The van der Waals surface area contributed by atoms with Crippen molar-refractivity contribution in [2.24, 2.45) is 0 Å². The summed E-state index contributed by atoms with van der Waals surface area (Å²) >= 11 is 3.45. The number of nitrogens with zero attached hydrogens (tertiary/aromatic N) is 1. The summed E-state index contributed by atoms with van der Waals surface area (Å²) in [5.74, 6) is -0.237. The van der Waals surface area contributed by atoms with E-state index >= 15 is 0 Å². The molecule has 25 heavy (non-hydrogen) atoms. The number of halogens is 1. The summed E-state index contributed by atoms with van der Waals surface area (Å²) < 4.78 is 0.948. The molecule has 0 fully saturated rings. The van der Waals surface area contributed by atoms with E-state index in [-0.39, 0.29) is 18.2 Å². The molecule has 4 nitrogen and oxygen atoms in total. The van der Waals surface area contributed by atoms with E-state index in [1.807, 2.05) is 55.5 Å². The summed E-state index contributed by atoms with van der Waals surface area (Å²) in [4.78, 5) is 26.7. The van der Waals surface area contributed by atoms with Crippen LogP contribution >= 0.6 is 15.9 Å². The topological polar surface area (TPSA) is 49.4 Å². The lowest BCUT2D eigenvalue weighted by atomic mass is 10.0. The number of rotatable bonds is 6. The number of hydrogen-bond donors (Lipinski definition) is 1. The van der Waals surface area contributed by atoms with E-state index in [2.05, 4.69) is 21.2 Å².